The van der Waals surface area contributed by atoms with Crippen molar-refractivity contribution < 1.29 is 9.13 Å². The summed E-state index contributed by atoms with van der Waals surface area (Å²) in [5.74, 6) is 0.317. The molecule has 20 heavy (non-hydrogen) atoms. The van der Waals surface area contributed by atoms with E-state index in [0.717, 1.165) is 12.1 Å². The van der Waals surface area contributed by atoms with Crippen molar-refractivity contribution in [2.45, 2.75) is 26.3 Å². The highest BCUT2D eigenvalue weighted by molar-refractivity contribution is 5.53. The zero-order valence-corrected chi connectivity index (χ0v) is 12.1. The van der Waals surface area contributed by atoms with Crippen molar-refractivity contribution in [3.63, 3.8) is 0 Å². The second kappa shape index (κ2) is 6.42. The lowest BCUT2D eigenvalue weighted by atomic mass is 10.0. The van der Waals surface area contributed by atoms with E-state index in [0.29, 0.717) is 11.3 Å². The van der Waals surface area contributed by atoms with Crippen molar-refractivity contribution in [3.8, 4) is 5.75 Å². The van der Waals surface area contributed by atoms with Gasteiger partial charge in [0, 0.05) is 5.69 Å². The number of aryl methyl sites for hydroxylation is 1. The summed E-state index contributed by atoms with van der Waals surface area (Å²) in [7, 11) is 1.56. The number of hydrogen-bond donors (Lipinski definition) is 1. The topological polar surface area (TPSA) is 21.3 Å². The van der Waals surface area contributed by atoms with Gasteiger partial charge in [0.25, 0.3) is 0 Å². The molecule has 0 bridgehead atoms. The number of hydrogen-bond acceptors (Lipinski definition) is 2. The summed E-state index contributed by atoms with van der Waals surface area (Å²) in [6.45, 7) is 4.04. The third-order valence-electron chi connectivity index (χ3n) is 3.44. The fourth-order valence-corrected chi connectivity index (χ4v) is 2.39. The Balaban J connectivity index is 2.31. The quantitative estimate of drug-likeness (QED) is 0.861. The van der Waals surface area contributed by atoms with E-state index < -0.39 is 0 Å². The van der Waals surface area contributed by atoms with Gasteiger partial charge in [-0.1, -0.05) is 31.2 Å². The van der Waals surface area contributed by atoms with Gasteiger partial charge < -0.3 is 10.1 Å². The van der Waals surface area contributed by atoms with Crippen LogP contribution in [0.15, 0.2) is 42.5 Å². The molecule has 0 aliphatic heterocycles. The van der Waals surface area contributed by atoms with Gasteiger partial charge in [0.05, 0.1) is 18.7 Å². The average molecular weight is 273 g/mol. The standard InChI is InChI=1S/C17H20FNO/c1-4-13-8-5-6-10-15(13)19-12(2)17-14(18)9-7-11-16(17)20-3/h5-12,19H,4H2,1-3H3. The first-order valence-electron chi connectivity index (χ1n) is 6.84. The predicted octanol–water partition coefficient (Wildman–Crippen LogP) is 4.57. The number of benzene rings is 2. The number of halogens is 1. The molecular weight excluding hydrogens is 253 g/mol. The summed E-state index contributed by atoms with van der Waals surface area (Å²) in [6, 6.07) is 12.8. The van der Waals surface area contributed by atoms with Crippen molar-refractivity contribution in [1.82, 2.24) is 0 Å². The Hall–Kier alpha value is -2.03. The minimum absolute atomic E-state index is 0.168. The number of ether oxygens (including phenoxy) is 1. The molecule has 0 aromatic heterocycles. The fourth-order valence-electron chi connectivity index (χ4n) is 2.39. The van der Waals surface area contributed by atoms with Gasteiger partial charge in [-0.05, 0) is 37.1 Å². The fraction of sp³-hybridized carbons (Fsp3) is 0.294. The summed E-state index contributed by atoms with van der Waals surface area (Å²) in [5, 5.41) is 3.37. The van der Waals surface area contributed by atoms with Crippen LogP contribution in [0.4, 0.5) is 10.1 Å². The maximum absolute atomic E-state index is 14.1. The van der Waals surface area contributed by atoms with Crippen LogP contribution in [0, 0.1) is 5.82 Å². The van der Waals surface area contributed by atoms with E-state index in [1.165, 1.54) is 11.6 Å². The lowest BCUT2D eigenvalue weighted by Gasteiger charge is -2.20. The average Bonchev–Trinajstić information content (AvgIpc) is 2.47. The van der Waals surface area contributed by atoms with Gasteiger partial charge in [0.15, 0.2) is 0 Å². The van der Waals surface area contributed by atoms with Gasteiger partial charge in [0.1, 0.15) is 11.6 Å². The van der Waals surface area contributed by atoms with Gasteiger partial charge in [0.2, 0.25) is 0 Å². The second-order valence-electron chi connectivity index (χ2n) is 4.73. The lowest BCUT2D eigenvalue weighted by Crippen LogP contribution is -2.11. The zero-order valence-electron chi connectivity index (χ0n) is 12.1. The van der Waals surface area contributed by atoms with Crippen molar-refractivity contribution in [3.05, 3.63) is 59.4 Å². The van der Waals surface area contributed by atoms with Crippen LogP contribution in [0.3, 0.4) is 0 Å². The van der Waals surface area contributed by atoms with Crippen molar-refractivity contribution in [1.29, 1.82) is 0 Å². The maximum Gasteiger partial charge on any atom is 0.132 e. The SMILES string of the molecule is CCc1ccccc1NC(C)c1c(F)cccc1OC. The summed E-state index contributed by atoms with van der Waals surface area (Å²) < 4.78 is 19.3. The summed E-state index contributed by atoms with van der Waals surface area (Å²) in [5.41, 5.74) is 2.81. The predicted molar refractivity (Wildman–Crippen MR) is 80.8 cm³/mol. The van der Waals surface area contributed by atoms with Crippen LogP contribution in [0.1, 0.15) is 31.0 Å². The molecule has 1 unspecified atom stereocenters. The summed E-state index contributed by atoms with van der Waals surface area (Å²) in [4.78, 5) is 0. The highest BCUT2D eigenvalue weighted by atomic mass is 19.1. The summed E-state index contributed by atoms with van der Waals surface area (Å²) >= 11 is 0. The first kappa shape index (κ1) is 14.4. The van der Waals surface area contributed by atoms with Crippen LogP contribution in [-0.4, -0.2) is 7.11 Å². The van der Waals surface area contributed by atoms with E-state index in [-0.39, 0.29) is 11.9 Å². The van der Waals surface area contributed by atoms with Crippen LogP contribution in [0.2, 0.25) is 0 Å². The Morgan fingerprint density at radius 1 is 1.15 bits per heavy atom. The normalized spacial score (nSPS) is 12.0. The molecule has 0 spiro atoms. The molecule has 0 saturated heterocycles. The van der Waals surface area contributed by atoms with Gasteiger partial charge in [-0.2, -0.15) is 0 Å². The molecule has 0 heterocycles. The van der Waals surface area contributed by atoms with Gasteiger partial charge in [-0.15, -0.1) is 0 Å². The van der Waals surface area contributed by atoms with Crippen LogP contribution in [0.25, 0.3) is 0 Å². The molecule has 1 atom stereocenters. The minimum atomic E-state index is -0.252. The monoisotopic (exact) mass is 273 g/mol. The summed E-state index contributed by atoms with van der Waals surface area (Å²) in [6.07, 6.45) is 0.935. The van der Waals surface area contributed by atoms with E-state index in [4.69, 9.17) is 4.74 Å². The third kappa shape index (κ3) is 2.93. The molecule has 0 saturated carbocycles. The van der Waals surface area contributed by atoms with Gasteiger partial charge >= 0.3 is 0 Å². The number of rotatable bonds is 5. The Kier molecular flexibility index (Phi) is 4.61. The first-order chi connectivity index (χ1) is 9.67. The Labute approximate surface area is 119 Å². The third-order valence-corrected chi connectivity index (χ3v) is 3.44. The number of methoxy groups -OCH3 is 1. The molecule has 106 valence electrons. The van der Waals surface area contributed by atoms with Crippen LogP contribution in [0.5, 0.6) is 5.75 Å². The molecule has 0 amide bonds. The van der Waals surface area contributed by atoms with E-state index in [1.54, 1.807) is 19.2 Å². The number of para-hydroxylation sites is 1. The molecule has 2 aromatic carbocycles. The minimum Gasteiger partial charge on any atom is -0.496 e. The van der Waals surface area contributed by atoms with Crippen molar-refractivity contribution >= 4 is 5.69 Å². The molecule has 2 aromatic rings. The van der Waals surface area contributed by atoms with E-state index in [1.807, 2.05) is 25.1 Å². The molecule has 0 aliphatic rings. The molecule has 1 N–H and O–H groups in total. The molecule has 3 heteroatoms. The Bertz CT molecular complexity index is 583. The number of nitrogens with one attached hydrogen (secondary N) is 1. The molecule has 0 aliphatic carbocycles. The maximum atomic E-state index is 14.1. The lowest BCUT2D eigenvalue weighted by molar-refractivity contribution is 0.402. The molecule has 0 radical (unpaired) electrons. The highest BCUT2D eigenvalue weighted by Gasteiger charge is 2.16. The van der Waals surface area contributed by atoms with Gasteiger partial charge in [-0.3, -0.25) is 0 Å². The van der Waals surface area contributed by atoms with Crippen molar-refractivity contribution in [2.75, 3.05) is 12.4 Å². The molecule has 2 rings (SSSR count). The Morgan fingerprint density at radius 3 is 2.60 bits per heavy atom. The van der Waals surface area contributed by atoms with E-state index in [9.17, 15) is 4.39 Å². The molecular formula is C17H20FNO. The first-order valence-corrected chi connectivity index (χ1v) is 6.84. The number of anilines is 1. The highest BCUT2D eigenvalue weighted by Crippen LogP contribution is 2.31. The van der Waals surface area contributed by atoms with Gasteiger partial charge in [-0.25, -0.2) is 4.39 Å². The Morgan fingerprint density at radius 2 is 1.90 bits per heavy atom. The zero-order chi connectivity index (χ0) is 14.5. The van der Waals surface area contributed by atoms with Crippen LogP contribution < -0.4 is 10.1 Å². The van der Waals surface area contributed by atoms with E-state index >= 15 is 0 Å². The van der Waals surface area contributed by atoms with E-state index in [2.05, 4.69) is 18.3 Å². The smallest absolute Gasteiger partial charge is 0.132 e. The molecule has 0 fully saturated rings. The van der Waals surface area contributed by atoms with Crippen LogP contribution >= 0.6 is 0 Å². The van der Waals surface area contributed by atoms with Crippen LogP contribution in [-0.2, 0) is 6.42 Å². The second-order valence-corrected chi connectivity index (χ2v) is 4.73. The molecule has 2 nitrogen and oxygen atoms in total. The van der Waals surface area contributed by atoms with Crippen molar-refractivity contribution in [2.24, 2.45) is 0 Å². The largest absolute Gasteiger partial charge is 0.496 e.